The lowest BCUT2D eigenvalue weighted by molar-refractivity contribution is -0.172. The lowest BCUT2D eigenvalue weighted by Crippen LogP contribution is -2.55. The van der Waals surface area contributed by atoms with Gasteiger partial charge in [0.2, 0.25) is 0 Å². The summed E-state index contributed by atoms with van der Waals surface area (Å²) in [5.41, 5.74) is -1.10. The maximum atomic E-state index is 12.7. The van der Waals surface area contributed by atoms with E-state index >= 15 is 0 Å². The van der Waals surface area contributed by atoms with E-state index in [0.717, 1.165) is 0 Å². The molecule has 142 valence electrons. The molecule has 0 saturated heterocycles. The molecule has 0 unspecified atom stereocenters. The third kappa shape index (κ3) is 4.07. The van der Waals surface area contributed by atoms with Gasteiger partial charge in [-0.2, -0.15) is 0 Å². The Bertz CT molecular complexity index is 682. The van der Waals surface area contributed by atoms with Crippen LogP contribution in [-0.2, 0) is 23.9 Å². The molecule has 0 amide bonds. The summed E-state index contributed by atoms with van der Waals surface area (Å²) in [5, 5.41) is 11.3. The highest BCUT2D eigenvalue weighted by Crippen LogP contribution is 2.46. The van der Waals surface area contributed by atoms with E-state index in [1.807, 2.05) is 0 Å². The van der Waals surface area contributed by atoms with Crippen LogP contribution in [-0.4, -0.2) is 41.6 Å². The van der Waals surface area contributed by atoms with Crippen LogP contribution in [0.5, 0.6) is 0 Å². The molecule has 1 aromatic carbocycles. The van der Waals surface area contributed by atoms with Crippen LogP contribution in [0.2, 0.25) is 5.02 Å². The molecule has 1 N–H and O–H groups in total. The molecule has 4 atom stereocenters. The molecule has 1 fully saturated rings. The van der Waals surface area contributed by atoms with E-state index in [-0.39, 0.29) is 19.6 Å². The van der Waals surface area contributed by atoms with Crippen LogP contribution in [0.15, 0.2) is 24.3 Å². The van der Waals surface area contributed by atoms with E-state index in [1.165, 1.54) is 6.92 Å². The largest absolute Gasteiger partial charge is 0.466 e. The second-order valence-electron chi connectivity index (χ2n) is 6.54. The fraction of sp³-hybridized carbons (Fsp3) is 0.526. The van der Waals surface area contributed by atoms with E-state index < -0.39 is 41.1 Å². The first-order valence-electron chi connectivity index (χ1n) is 8.56. The Hall–Kier alpha value is -1.92. The Morgan fingerprint density at radius 2 is 1.69 bits per heavy atom. The minimum atomic E-state index is -1.64. The highest BCUT2D eigenvalue weighted by Gasteiger charge is 2.57. The van der Waals surface area contributed by atoms with Gasteiger partial charge in [-0.1, -0.05) is 23.7 Å². The normalized spacial score (nSPS) is 28.5. The summed E-state index contributed by atoms with van der Waals surface area (Å²) in [6.07, 6.45) is -0.329. The van der Waals surface area contributed by atoms with Crippen molar-refractivity contribution in [3.05, 3.63) is 34.9 Å². The Balaban J connectivity index is 2.59. The minimum Gasteiger partial charge on any atom is -0.466 e. The molecular formula is C19H23ClO6. The van der Waals surface area contributed by atoms with Gasteiger partial charge in [0.15, 0.2) is 5.78 Å². The van der Waals surface area contributed by atoms with Crippen LogP contribution in [0.4, 0.5) is 0 Å². The van der Waals surface area contributed by atoms with E-state index in [0.29, 0.717) is 10.6 Å². The van der Waals surface area contributed by atoms with Crippen molar-refractivity contribution < 1.29 is 29.0 Å². The Morgan fingerprint density at radius 1 is 1.15 bits per heavy atom. The van der Waals surface area contributed by atoms with E-state index in [2.05, 4.69) is 0 Å². The summed E-state index contributed by atoms with van der Waals surface area (Å²) in [6.45, 7) is 4.94. The fourth-order valence-corrected chi connectivity index (χ4v) is 3.69. The van der Waals surface area contributed by atoms with Gasteiger partial charge in [0.05, 0.1) is 24.7 Å². The predicted molar refractivity (Wildman–Crippen MR) is 94.7 cm³/mol. The quantitative estimate of drug-likeness (QED) is 0.621. The predicted octanol–water partition coefficient (Wildman–Crippen LogP) is 2.51. The Morgan fingerprint density at radius 3 is 2.23 bits per heavy atom. The summed E-state index contributed by atoms with van der Waals surface area (Å²) in [4.78, 5) is 37.8. The summed E-state index contributed by atoms with van der Waals surface area (Å²) < 4.78 is 10.2. The maximum Gasteiger partial charge on any atom is 0.317 e. The monoisotopic (exact) mass is 382 g/mol. The highest BCUT2D eigenvalue weighted by molar-refractivity contribution is 6.30. The van der Waals surface area contributed by atoms with Gasteiger partial charge >= 0.3 is 11.9 Å². The van der Waals surface area contributed by atoms with E-state index in [9.17, 15) is 19.5 Å². The van der Waals surface area contributed by atoms with Gasteiger partial charge in [-0.15, -0.1) is 0 Å². The maximum absolute atomic E-state index is 12.7. The minimum absolute atomic E-state index is 0.108. The van der Waals surface area contributed by atoms with Crippen molar-refractivity contribution in [2.24, 2.45) is 11.8 Å². The van der Waals surface area contributed by atoms with Crippen LogP contribution in [0.1, 0.15) is 38.7 Å². The second kappa shape index (κ2) is 8.18. The molecule has 2 rings (SSSR count). The molecule has 0 aliphatic heterocycles. The molecule has 26 heavy (non-hydrogen) atoms. The molecule has 0 heterocycles. The first-order valence-corrected chi connectivity index (χ1v) is 8.94. The second-order valence-corrected chi connectivity index (χ2v) is 6.97. The van der Waals surface area contributed by atoms with Crippen LogP contribution in [0.3, 0.4) is 0 Å². The van der Waals surface area contributed by atoms with Crippen molar-refractivity contribution in [1.82, 2.24) is 0 Å². The van der Waals surface area contributed by atoms with Gasteiger partial charge < -0.3 is 14.6 Å². The smallest absolute Gasteiger partial charge is 0.317 e. The van der Waals surface area contributed by atoms with Gasteiger partial charge in [-0.3, -0.25) is 14.4 Å². The van der Waals surface area contributed by atoms with Crippen LogP contribution in [0.25, 0.3) is 0 Å². The summed E-state index contributed by atoms with van der Waals surface area (Å²) in [6, 6.07) is 6.49. The number of aliphatic hydroxyl groups is 1. The number of rotatable bonds is 5. The zero-order valence-electron chi connectivity index (χ0n) is 15.0. The molecule has 1 aliphatic rings. The number of ether oxygens (including phenoxy) is 2. The fourth-order valence-electron chi connectivity index (χ4n) is 3.56. The SMILES string of the molecule is CCOC(=O)[C@H]1C(=O)C[C@](C)(O)[C@H](C(=O)OCC)[C@@H]1c1ccc(Cl)cc1. The van der Waals surface area contributed by atoms with Gasteiger partial charge in [-0.25, -0.2) is 0 Å². The summed E-state index contributed by atoms with van der Waals surface area (Å²) in [7, 11) is 0. The van der Waals surface area contributed by atoms with Crippen molar-refractivity contribution in [2.45, 2.75) is 38.7 Å². The van der Waals surface area contributed by atoms with Crippen LogP contribution in [0, 0.1) is 11.8 Å². The molecule has 1 aliphatic carbocycles. The third-order valence-corrected chi connectivity index (χ3v) is 4.86. The number of benzene rings is 1. The molecule has 1 aromatic rings. The molecule has 0 spiro atoms. The third-order valence-electron chi connectivity index (χ3n) is 4.60. The first kappa shape index (κ1) is 20.4. The van der Waals surface area contributed by atoms with Crippen molar-refractivity contribution in [3.8, 4) is 0 Å². The standard InChI is InChI=1S/C19H23ClO6/c1-4-25-17(22)15-13(21)10-19(3,24)16(18(23)26-5-2)14(15)11-6-8-12(20)9-7-11/h6-9,14-16,24H,4-5,10H2,1-3H3/t14-,15+,16+,19+/m1/s1. The number of Topliss-reactive ketones (excluding diaryl/α,β-unsaturated/α-hetero) is 1. The Labute approximate surface area is 157 Å². The lowest BCUT2D eigenvalue weighted by atomic mass is 9.62. The van der Waals surface area contributed by atoms with Gasteiger partial charge in [0.25, 0.3) is 0 Å². The number of carbonyl (C=O) groups excluding carboxylic acids is 3. The number of ketones is 1. The van der Waals surface area contributed by atoms with Crippen molar-refractivity contribution in [3.63, 3.8) is 0 Å². The molecule has 0 aromatic heterocycles. The number of halogens is 1. The number of carbonyl (C=O) groups is 3. The molecule has 0 bridgehead atoms. The molecule has 7 heteroatoms. The van der Waals surface area contributed by atoms with E-state index in [4.69, 9.17) is 21.1 Å². The van der Waals surface area contributed by atoms with Gasteiger partial charge in [-0.05, 0) is 38.5 Å². The Kier molecular flexibility index (Phi) is 6.42. The van der Waals surface area contributed by atoms with Crippen molar-refractivity contribution in [1.29, 1.82) is 0 Å². The summed E-state index contributed by atoms with van der Waals surface area (Å²) in [5.74, 6) is -5.00. The van der Waals surface area contributed by atoms with Gasteiger partial charge in [0.1, 0.15) is 5.92 Å². The molecular weight excluding hydrogens is 360 g/mol. The average Bonchev–Trinajstić information content (AvgIpc) is 2.54. The first-order chi connectivity index (χ1) is 12.2. The zero-order valence-corrected chi connectivity index (χ0v) is 15.8. The number of hydrogen-bond acceptors (Lipinski definition) is 6. The average molecular weight is 383 g/mol. The van der Waals surface area contributed by atoms with Crippen LogP contribution < -0.4 is 0 Å². The number of esters is 2. The molecule has 6 nitrogen and oxygen atoms in total. The summed E-state index contributed by atoms with van der Waals surface area (Å²) >= 11 is 5.93. The van der Waals surface area contributed by atoms with E-state index in [1.54, 1.807) is 38.1 Å². The van der Waals surface area contributed by atoms with Gasteiger partial charge in [0, 0.05) is 17.4 Å². The van der Waals surface area contributed by atoms with Crippen molar-refractivity contribution in [2.75, 3.05) is 13.2 Å². The topological polar surface area (TPSA) is 89.9 Å². The lowest BCUT2D eigenvalue weighted by Gasteiger charge is -2.43. The highest BCUT2D eigenvalue weighted by atomic mass is 35.5. The van der Waals surface area contributed by atoms with Crippen LogP contribution >= 0.6 is 11.6 Å². The zero-order chi connectivity index (χ0) is 19.5. The molecule has 1 saturated carbocycles. The van der Waals surface area contributed by atoms with Crippen molar-refractivity contribution >= 4 is 29.3 Å². The number of hydrogen-bond donors (Lipinski definition) is 1. The molecule has 0 radical (unpaired) electrons.